The summed E-state index contributed by atoms with van der Waals surface area (Å²) in [7, 11) is 0. The molecule has 6 atom stereocenters. The Morgan fingerprint density at radius 2 is 1.85 bits per heavy atom. The molecule has 0 spiro atoms. The molecular weight excluding hydrogens is 340 g/mol. The smallest absolute Gasteiger partial charge is 0.311 e. The van der Waals surface area contributed by atoms with E-state index in [0.717, 1.165) is 38.5 Å². The molecule has 0 bridgehead atoms. The number of fused-ring (bicyclic) bond motifs is 3. The van der Waals surface area contributed by atoms with Crippen LogP contribution in [0.4, 0.5) is 0 Å². The molecule has 0 aliphatic heterocycles. The first-order chi connectivity index (χ1) is 12.5. The maximum Gasteiger partial charge on any atom is 0.311 e. The number of rotatable bonds is 4. The number of hydrogen-bond donors (Lipinski definition) is 0. The summed E-state index contributed by atoms with van der Waals surface area (Å²) < 4.78 is 5.44. The predicted octanol–water partition coefficient (Wildman–Crippen LogP) is 4.59. The van der Waals surface area contributed by atoms with Gasteiger partial charge >= 0.3 is 5.97 Å². The van der Waals surface area contributed by atoms with Crippen molar-refractivity contribution in [3.8, 4) is 0 Å². The Balaban J connectivity index is 1.59. The first-order valence-corrected chi connectivity index (χ1v) is 10.7. The normalized spacial score (nSPS) is 38.9. The van der Waals surface area contributed by atoms with Crippen molar-refractivity contribution >= 4 is 17.5 Å². The van der Waals surface area contributed by atoms with E-state index in [0.29, 0.717) is 36.6 Å². The molecule has 152 valence electrons. The van der Waals surface area contributed by atoms with E-state index in [4.69, 9.17) is 4.74 Å². The average molecular weight is 377 g/mol. The van der Waals surface area contributed by atoms with E-state index < -0.39 is 5.41 Å². The van der Waals surface area contributed by atoms with E-state index in [1.54, 1.807) is 6.92 Å². The van der Waals surface area contributed by atoms with Crippen LogP contribution in [0, 0.1) is 40.4 Å². The molecule has 0 aromatic rings. The lowest BCUT2D eigenvalue weighted by Gasteiger charge is -2.50. The zero-order valence-electron chi connectivity index (χ0n) is 17.7. The zero-order chi connectivity index (χ0) is 20.0. The molecule has 27 heavy (non-hydrogen) atoms. The Hall–Kier alpha value is -1.19. The van der Waals surface area contributed by atoms with Crippen LogP contribution in [0.1, 0.15) is 79.6 Å². The molecule has 0 saturated heterocycles. The quantitative estimate of drug-likeness (QED) is 0.673. The fraction of sp³-hybridized carbons (Fsp3) is 0.870. The Bertz CT molecular complexity index is 616. The highest BCUT2D eigenvalue weighted by atomic mass is 16.5. The molecule has 3 aliphatic carbocycles. The van der Waals surface area contributed by atoms with Gasteiger partial charge in [0.05, 0.1) is 12.0 Å². The van der Waals surface area contributed by atoms with Gasteiger partial charge in [0.2, 0.25) is 0 Å². The van der Waals surface area contributed by atoms with Gasteiger partial charge in [-0.25, -0.2) is 0 Å². The summed E-state index contributed by atoms with van der Waals surface area (Å²) in [6.07, 6.45) is 6.62. The summed E-state index contributed by atoms with van der Waals surface area (Å²) in [6.45, 7) is 9.96. The van der Waals surface area contributed by atoms with Crippen molar-refractivity contribution in [2.75, 3.05) is 6.61 Å². The van der Waals surface area contributed by atoms with Crippen LogP contribution in [0.3, 0.4) is 0 Å². The van der Waals surface area contributed by atoms with Gasteiger partial charge in [-0.05, 0) is 83.0 Å². The Kier molecular flexibility index (Phi) is 5.58. The summed E-state index contributed by atoms with van der Waals surface area (Å²) in [5.74, 6) is 2.17. The summed E-state index contributed by atoms with van der Waals surface area (Å²) in [4.78, 5) is 37.1. The molecule has 0 N–H and O–H groups in total. The lowest BCUT2D eigenvalue weighted by Crippen LogP contribution is -2.49. The van der Waals surface area contributed by atoms with Crippen LogP contribution in [0.2, 0.25) is 0 Å². The molecule has 0 radical (unpaired) electrons. The zero-order valence-corrected chi connectivity index (χ0v) is 17.7. The first-order valence-electron chi connectivity index (χ1n) is 10.7. The van der Waals surface area contributed by atoms with E-state index in [2.05, 4.69) is 6.92 Å². The monoisotopic (exact) mass is 376 g/mol. The van der Waals surface area contributed by atoms with Gasteiger partial charge in [-0.3, -0.25) is 14.4 Å². The molecule has 0 unspecified atom stereocenters. The van der Waals surface area contributed by atoms with Crippen LogP contribution in [0.5, 0.6) is 0 Å². The first kappa shape index (κ1) is 20.5. The molecule has 0 aromatic heterocycles. The summed E-state index contributed by atoms with van der Waals surface area (Å²) in [5, 5.41) is 0. The van der Waals surface area contributed by atoms with Crippen LogP contribution in [0.15, 0.2) is 0 Å². The highest BCUT2D eigenvalue weighted by Gasteiger charge is 2.58. The maximum absolute atomic E-state index is 13.0. The van der Waals surface area contributed by atoms with Gasteiger partial charge in [-0.15, -0.1) is 0 Å². The third-order valence-corrected chi connectivity index (χ3v) is 7.77. The van der Waals surface area contributed by atoms with Crippen LogP contribution in [-0.4, -0.2) is 24.1 Å². The van der Waals surface area contributed by atoms with Crippen molar-refractivity contribution in [1.29, 1.82) is 0 Å². The number of carbonyl (C=O) groups is 3. The molecule has 0 heterocycles. The van der Waals surface area contributed by atoms with Gasteiger partial charge in [0.25, 0.3) is 0 Å². The molecule has 4 nitrogen and oxygen atoms in total. The second kappa shape index (κ2) is 7.33. The lowest BCUT2D eigenvalue weighted by atomic mass is 9.53. The van der Waals surface area contributed by atoms with E-state index in [-0.39, 0.29) is 29.0 Å². The van der Waals surface area contributed by atoms with E-state index in [1.165, 1.54) is 0 Å². The number of esters is 1. The third-order valence-electron chi connectivity index (χ3n) is 7.77. The van der Waals surface area contributed by atoms with Gasteiger partial charge in [-0.2, -0.15) is 0 Å². The van der Waals surface area contributed by atoms with E-state index in [9.17, 15) is 14.4 Å². The third kappa shape index (κ3) is 3.86. The number of hydrogen-bond acceptors (Lipinski definition) is 4. The minimum Gasteiger partial charge on any atom is -0.465 e. The van der Waals surface area contributed by atoms with Crippen LogP contribution in [0.25, 0.3) is 0 Å². The molecule has 0 aromatic carbocycles. The molecule has 3 aliphatic rings. The number of carbonyl (C=O) groups excluding carboxylic acids is 3. The number of ketones is 2. The lowest BCUT2D eigenvalue weighted by molar-refractivity contribution is -0.154. The molecule has 4 heteroatoms. The van der Waals surface area contributed by atoms with Gasteiger partial charge in [0, 0.05) is 18.3 Å². The Morgan fingerprint density at radius 1 is 1.15 bits per heavy atom. The fourth-order valence-electron chi connectivity index (χ4n) is 6.33. The second-order valence-electron chi connectivity index (χ2n) is 10.6. The van der Waals surface area contributed by atoms with Crippen molar-refractivity contribution in [2.24, 2.45) is 40.4 Å². The van der Waals surface area contributed by atoms with Crippen LogP contribution in [-0.2, 0) is 19.1 Å². The Labute approximate surface area is 163 Å². The molecule has 3 fully saturated rings. The predicted molar refractivity (Wildman–Crippen MR) is 104 cm³/mol. The molecule has 3 saturated carbocycles. The topological polar surface area (TPSA) is 60.4 Å². The summed E-state index contributed by atoms with van der Waals surface area (Å²) in [5.41, 5.74) is -0.573. The van der Waals surface area contributed by atoms with Crippen molar-refractivity contribution < 1.29 is 19.1 Å². The minimum absolute atomic E-state index is 0.0712. The van der Waals surface area contributed by atoms with Crippen molar-refractivity contribution in [1.82, 2.24) is 0 Å². The molecule has 0 amide bonds. The van der Waals surface area contributed by atoms with Crippen molar-refractivity contribution in [2.45, 2.75) is 79.6 Å². The largest absolute Gasteiger partial charge is 0.465 e. The van der Waals surface area contributed by atoms with E-state index >= 15 is 0 Å². The Morgan fingerprint density at radius 3 is 2.48 bits per heavy atom. The van der Waals surface area contributed by atoms with Crippen LogP contribution >= 0.6 is 0 Å². The number of Topliss-reactive ketones (excluding diaryl/α,β-unsaturated/α-hetero) is 2. The van der Waals surface area contributed by atoms with Crippen LogP contribution < -0.4 is 0 Å². The van der Waals surface area contributed by atoms with Gasteiger partial charge in [-0.1, -0.05) is 13.3 Å². The van der Waals surface area contributed by atoms with Gasteiger partial charge < -0.3 is 4.74 Å². The molecular formula is C23H36O4. The van der Waals surface area contributed by atoms with Gasteiger partial charge in [0.15, 0.2) is 0 Å². The summed E-state index contributed by atoms with van der Waals surface area (Å²) in [6, 6.07) is 0. The SMILES string of the molecule is CC(=O)[C@H]1CC[C@H]2[C@@H]3CC[C@H](CCOC(=O)C(C)(C)C)C[C@H]3C(=O)C[C@]12C. The highest BCUT2D eigenvalue weighted by Crippen LogP contribution is 2.61. The second-order valence-corrected chi connectivity index (χ2v) is 10.6. The average Bonchev–Trinajstić information content (AvgIpc) is 2.91. The van der Waals surface area contributed by atoms with Gasteiger partial charge in [0.1, 0.15) is 11.6 Å². The fourth-order valence-corrected chi connectivity index (χ4v) is 6.33. The maximum atomic E-state index is 13.0. The standard InChI is InChI=1S/C23H36O4/c1-14(24)18-8-9-19-16-7-6-15(10-11-27-21(26)22(2,3)4)12-17(16)20(25)13-23(18,19)5/h15-19H,6-13H2,1-5H3/t15-,16-,17-,18-,19+,23-/m1/s1. The van der Waals surface area contributed by atoms with E-state index in [1.807, 2.05) is 20.8 Å². The molecule has 3 rings (SSSR count). The summed E-state index contributed by atoms with van der Waals surface area (Å²) >= 11 is 0. The minimum atomic E-state index is -0.461. The number of ether oxygens (including phenoxy) is 1. The highest BCUT2D eigenvalue weighted by molar-refractivity contribution is 5.86. The van der Waals surface area contributed by atoms with Crippen molar-refractivity contribution in [3.63, 3.8) is 0 Å². The van der Waals surface area contributed by atoms with Crippen molar-refractivity contribution in [3.05, 3.63) is 0 Å².